The summed E-state index contributed by atoms with van der Waals surface area (Å²) in [6.45, 7) is 2.10. The number of hydrogen-bond donors (Lipinski definition) is 1. The summed E-state index contributed by atoms with van der Waals surface area (Å²) in [7, 11) is 0. The predicted molar refractivity (Wildman–Crippen MR) is 82.2 cm³/mol. The molecule has 2 rings (SSSR count). The molecule has 0 spiro atoms. The van der Waals surface area contributed by atoms with Gasteiger partial charge in [0.2, 0.25) is 0 Å². The van der Waals surface area contributed by atoms with Crippen LogP contribution in [0.1, 0.15) is 12.5 Å². The molecule has 0 aliphatic carbocycles. The van der Waals surface area contributed by atoms with Crippen LogP contribution in [0.5, 0.6) is 0 Å². The van der Waals surface area contributed by atoms with E-state index in [1.165, 1.54) is 17.5 Å². The Morgan fingerprint density at radius 2 is 2.17 bits per heavy atom. The second kappa shape index (κ2) is 6.45. The van der Waals surface area contributed by atoms with Gasteiger partial charge in [-0.2, -0.15) is 0 Å². The Morgan fingerprint density at radius 3 is 2.89 bits per heavy atom. The van der Waals surface area contributed by atoms with Gasteiger partial charge in [-0.15, -0.1) is 0 Å². The van der Waals surface area contributed by atoms with E-state index < -0.39 is 0 Å². The number of benzene rings is 1. The molecule has 0 aliphatic rings. The molecular formula is C13H12BrClN2S. The zero-order chi connectivity index (χ0) is 13.0. The van der Waals surface area contributed by atoms with Crippen LogP contribution in [0.15, 0.2) is 46.0 Å². The summed E-state index contributed by atoms with van der Waals surface area (Å²) in [5, 5.41) is 0.746. The Kier molecular flexibility index (Phi) is 4.92. The fourth-order valence-corrected chi connectivity index (χ4v) is 2.84. The fraction of sp³-hybridized carbons (Fsp3) is 0.154. The molecule has 1 aromatic heterocycles. The van der Waals surface area contributed by atoms with Crippen LogP contribution in [0, 0.1) is 0 Å². The first-order chi connectivity index (χ1) is 8.70. The lowest BCUT2D eigenvalue weighted by Crippen LogP contribution is -1.92. The van der Waals surface area contributed by atoms with Crippen LogP contribution in [-0.4, -0.2) is 4.98 Å². The quantitative estimate of drug-likeness (QED) is 0.611. The molecule has 5 heteroatoms. The van der Waals surface area contributed by atoms with Gasteiger partial charge in [0.15, 0.2) is 0 Å². The molecule has 0 unspecified atom stereocenters. The minimum atomic E-state index is 0.746. The summed E-state index contributed by atoms with van der Waals surface area (Å²) < 4.78 is 4.15. The number of halogens is 2. The molecule has 18 heavy (non-hydrogen) atoms. The van der Waals surface area contributed by atoms with Crippen molar-refractivity contribution in [2.75, 3.05) is 4.72 Å². The Hall–Kier alpha value is -0.710. The van der Waals surface area contributed by atoms with Gasteiger partial charge in [-0.1, -0.05) is 30.7 Å². The fourth-order valence-electron chi connectivity index (χ4n) is 1.44. The predicted octanol–water partition coefficient (Wildman–Crippen LogP) is 5.18. The van der Waals surface area contributed by atoms with Gasteiger partial charge in [0.1, 0.15) is 4.60 Å². The monoisotopic (exact) mass is 342 g/mol. The number of nitrogens with zero attached hydrogens (tertiary/aromatic N) is 1. The first-order valence-electron chi connectivity index (χ1n) is 5.52. The summed E-state index contributed by atoms with van der Waals surface area (Å²) >= 11 is 11.0. The lowest BCUT2D eigenvalue weighted by molar-refractivity contribution is 1.08. The van der Waals surface area contributed by atoms with Crippen LogP contribution in [0.3, 0.4) is 0 Å². The van der Waals surface area contributed by atoms with Crippen molar-refractivity contribution in [3.8, 4) is 0 Å². The molecule has 2 nitrogen and oxygen atoms in total. The molecule has 1 N–H and O–H groups in total. The Labute approximate surface area is 124 Å². The third-order valence-corrected chi connectivity index (χ3v) is 4.48. The summed E-state index contributed by atoms with van der Waals surface area (Å²) in [5.74, 6) is 0. The highest BCUT2D eigenvalue weighted by Crippen LogP contribution is 2.28. The van der Waals surface area contributed by atoms with Crippen molar-refractivity contribution >= 4 is 45.2 Å². The highest BCUT2D eigenvalue weighted by Gasteiger charge is 2.03. The van der Waals surface area contributed by atoms with E-state index in [2.05, 4.69) is 38.6 Å². The molecule has 0 bridgehead atoms. The van der Waals surface area contributed by atoms with Crippen LogP contribution < -0.4 is 4.72 Å². The first-order valence-corrected chi connectivity index (χ1v) is 7.51. The highest BCUT2D eigenvalue weighted by atomic mass is 79.9. The molecule has 94 valence electrons. The van der Waals surface area contributed by atoms with E-state index in [0.29, 0.717) is 0 Å². The topological polar surface area (TPSA) is 24.9 Å². The van der Waals surface area contributed by atoms with Crippen molar-refractivity contribution < 1.29 is 0 Å². The number of anilines is 1. The van der Waals surface area contributed by atoms with Gasteiger partial charge in [0.25, 0.3) is 0 Å². The molecule has 0 aliphatic heterocycles. The Morgan fingerprint density at radius 1 is 1.39 bits per heavy atom. The van der Waals surface area contributed by atoms with Crippen molar-refractivity contribution in [3.63, 3.8) is 0 Å². The summed E-state index contributed by atoms with van der Waals surface area (Å²) in [6.07, 6.45) is 2.74. The van der Waals surface area contributed by atoms with E-state index in [9.17, 15) is 0 Å². The van der Waals surface area contributed by atoms with E-state index in [4.69, 9.17) is 11.6 Å². The zero-order valence-corrected chi connectivity index (χ0v) is 12.9. The number of hydrogen-bond acceptors (Lipinski definition) is 3. The third-order valence-electron chi connectivity index (χ3n) is 2.41. The average Bonchev–Trinajstić information content (AvgIpc) is 2.39. The van der Waals surface area contributed by atoms with Crippen LogP contribution in [0.4, 0.5) is 5.69 Å². The van der Waals surface area contributed by atoms with Gasteiger partial charge in [0.05, 0.1) is 16.9 Å². The van der Waals surface area contributed by atoms with Crippen molar-refractivity contribution in [1.29, 1.82) is 0 Å². The average molecular weight is 344 g/mol. The maximum atomic E-state index is 6.09. The largest absolute Gasteiger partial charge is 0.324 e. The van der Waals surface area contributed by atoms with Gasteiger partial charge >= 0.3 is 0 Å². The van der Waals surface area contributed by atoms with Gasteiger partial charge in [-0.05, 0) is 58.1 Å². The zero-order valence-electron chi connectivity index (χ0n) is 9.78. The summed E-state index contributed by atoms with van der Waals surface area (Å²) in [4.78, 5) is 5.29. The van der Waals surface area contributed by atoms with Crippen molar-refractivity contribution in [2.45, 2.75) is 18.2 Å². The molecule has 0 saturated carbocycles. The van der Waals surface area contributed by atoms with Gasteiger partial charge < -0.3 is 4.72 Å². The number of aromatic nitrogens is 1. The molecular weight excluding hydrogens is 332 g/mol. The van der Waals surface area contributed by atoms with Crippen molar-refractivity contribution in [2.24, 2.45) is 0 Å². The van der Waals surface area contributed by atoms with E-state index in [1.807, 2.05) is 24.3 Å². The first kappa shape index (κ1) is 13.7. The van der Waals surface area contributed by atoms with E-state index in [0.717, 1.165) is 26.6 Å². The van der Waals surface area contributed by atoms with Crippen molar-refractivity contribution in [1.82, 2.24) is 4.98 Å². The molecule has 0 atom stereocenters. The molecule has 0 fully saturated rings. The lowest BCUT2D eigenvalue weighted by Gasteiger charge is -2.08. The highest BCUT2D eigenvalue weighted by molar-refractivity contribution is 9.10. The maximum Gasteiger partial charge on any atom is 0.109 e. The van der Waals surface area contributed by atoms with Crippen LogP contribution in [-0.2, 0) is 6.42 Å². The van der Waals surface area contributed by atoms with Crippen LogP contribution in [0.2, 0.25) is 5.02 Å². The van der Waals surface area contributed by atoms with Gasteiger partial charge in [-0.3, -0.25) is 0 Å². The summed E-state index contributed by atoms with van der Waals surface area (Å²) in [5.41, 5.74) is 2.15. The molecule has 1 aromatic carbocycles. The van der Waals surface area contributed by atoms with E-state index in [-0.39, 0.29) is 0 Å². The molecule has 1 heterocycles. The molecule has 0 amide bonds. The third kappa shape index (κ3) is 3.40. The number of nitrogens with one attached hydrogen (secondary N) is 1. The Bertz CT molecular complexity index is 548. The normalized spacial score (nSPS) is 10.4. The summed E-state index contributed by atoms with van der Waals surface area (Å²) in [6, 6.07) is 9.83. The van der Waals surface area contributed by atoms with E-state index in [1.54, 1.807) is 6.20 Å². The van der Waals surface area contributed by atoms with Crippen molar-refractivity contribution in [3.05, 3.63) is 51.7 Å². The smallest absolute Gasteiger partial charge is 0.109 e. The minimum absolute atomic E-state index is 0.746. The lowest BCUT2D eigenvalue weighted by atomic mass is 10.2. The standard InChI is InChI=1S/C13H12BrClN2S/c1-2-9-7-10(8-16-13(9)14)17-18-12-6-4-3-5-11(12)15/h3-8,17H,2H2,1H3. The van der Waals surface area contributed by atoms with Gasteiger partial charge in [-0.25, -0.2) is 4.98 Å². The Balaban J connectivity index is 2.09. The molecule has 2 aromatic rings. The van der Waals surface area contributed by atoms with Crippen LogP contribution in [0.25, 0.3) is 0 Å². The maximum absolute atomic E-state index is 6.09. The van der Waals surface area contributed by atoms with Crippen LogP contribution >= 0.6 is 39.5 Å². The van der Waals surface area contributed by atoms with E-state index >= 15 is 0 Å². The molecule has 0 radical (unpaired) electrons. The van der Waals surface area contributed by atoms with Gasteiger partial charge in [0, 0.05) is 4.90 Å². The second-order valence-corrected chi connectivity index (χ2v) is 5.67. The number of pyridine rings is 1. The SMILES string of the molecule is CCc1cc(NSc2ccccc2Cl)cnc1Br. The molecule has 0 saturated heterocycles. The minimum Gasteiger partial charge on any atom is -0.324 e. The second-order valence-electron chi connectivity index (χ2n) is 3.66. The number of aryl methyl sites for hydroxylation is 1. The number of rotatable bonds is 4.